The van der Waals surface area contributed by atoms with Crippen molar-refractivity contribution in [1.82, 2.24) is 20.9 Å². The Morgan fingerprint density at radius 3 is 2.63 bits per heavy atom. The van der Waals surface area contributed by atoms with Crippen LogP contribution < -0.4 is 16.0 Å². The zero-order chi connectivity index (χ0) is 19.6. The van der Waals surface area contributed by atoms with Crippen LogP contribution in [0.3, 0.4) is 0 Å². The number of ether oxygens (including phenoxy) is 1. The Balaban J connectivity index is 1.72. The van der Waals surface area contributed by atoms with Gasteiger partial charge in [-0.3, -0.25) is 14.7 Å². The first kappa shape index (κ1) is 22.0. The maximum atomic E-state index is 12.3. The van der Waals surface area contributed by atoms with E-state index in [4.69, 9.17) is 4.74 Å². The molecule has 7 nitrogen and oxygen atoms in total. The van der Waals surface area contributed by atoms with Gasteiger partial charge in [0.2, 0.25) is 5.91 Å². The van der Waals surface area contributed by atoms with Crippen LogP contribution in [-0.4, -0.2) is 75.3 Å². The number of guanidine groups is 1. The molecule has 0 aromatic carbocycles. The minimum atomic E-state index is 0.108. The molecule has 1 saturated carbocycles. The lowest BCUT2D eigenvalue weighted by Gasteiger charge is -2.31. The standard InChI is InChI=1S/C20H39N5O2/c1-15(2)23-19(26)17-6-5-7-18(12-17)24-20(21-4)22-13-16(3)14-25-8-10-27-11-9-25/h15-18H,5-14H2,1-4H3,(H,23,26)(H2,21,22,24). The lowest BCUT2D eigenvalue weighted by Crippen LogP contribution is -2.49. The highest BCUT2D eigenvalue weighted by atomic mass is 16.5. The molecule has 0 aromatic heterocycles. The Kier molecular flexibility index (Phi) is 9.34. The Labute approximate surface area is 164 Å². The Bertz CT molecular complexity index is 477. The van der Waals surface area contributed by atoms with E-state index in [1.54, 1.807) is 0 Å². The minimum absolute atomic E-state index is 0.108. The molecule has 0 bridgehead atoms. The second-order valence-corrected chi connectivity index (χ2v) is 8.34. The Morgan fingerprint density at radius 2 is 1.96 bits per heavy atom. The first-order chi connectivity index (χ1) is 13.0. The van der Waals surface area contributed by atoms with E-state index in [9.17, 15) is 4.79 Å². The van der Waals surface area contributed by atoms with Gasteiger partial charge in [-0.05, 0) is 39.0 Å². The highest BCUT2D eigenvalue weighted by Gasteiger charge is 2.28. The monoisotopic (exact) mass is 381 g/mol. The van der Waals surface area contributed by atoms with E-state index in [-0.39, 0.29) is 17.9 Å². The highest BCUT2D eigenvalue weighted by Crippen LogP contribution is 2.24. The van der Waals surface area contributed by atoms with Crippen LogP contribution in [0, 0.1) is 11.8 Å². The lowest BCUT2D eigenvalue weighted by atomic mass is 9.85. The molecule has 0 radical (unpaired) electrons. The quantitative estimate of drug-likeness (QED) is 0.456. The molecule has 2 rings (SSSR count). The van der Waals surface area contributed by atoms with Gasteiger partial charge in [0.1, 0.15) is 0 Å². The van der Waals surface area contributed by atoms with Crippen molar-refractivity contribution in [3.8, 4) is 0 Å². The summed E-state index contributed by atoms with van der Waals surface area (Å²) in [6.07, 6.45) is 4.04. The van der Waals surface area contributed by atoms with Crippen molar-refractivity contribution in [1.29, 1.82) is 0 Å². The molecule has 1 amide bonds. The summed E-state index contributed by atoms with van der Waals surface area (Å²) in [4.78, 5) is 19.2. The molecule has 3 atom stereocenters. The van der Waals surface area contributed by atoms with Crippen molar-refractivity contribution in [2.45, 2.75) is 58.5 Å². The van der Waals surface area contributed by atoms with E-state index in [1.807, 2.05) is 20.9 Å². The second-order valence-electron chi connectivity index (χ2n) is 8.34. The predicted octanol–water partition coefficient (Wildman–Crippen LogP) is 1.20. The summed E-state index contributed by atoms with van der Waals surface area (Å²) in [6, 6.07) is 0.510. The zero-order valence-corrected chi connectivity index (χ0v) is 17.6. The molecular formula is C20H39N5O2. The Morgan fingerprint density at radius 1 is 1.22 bits per heavy atom. The Hall–Kier alpha value is -1.34. The van der Waals surface area contributed by atoms with Gasteiger partial charge in [0.25, 0.3) is 0 Å². The number of nitrogens with one attached hydrogen (secondary N) is 3. The minimum Gasteiger partial charge on any atom is -0.379 e. The number of hydrogen-bond acceptors (Lipinski definition) is 4. The topological polar surface area (TPSA) is 78.0 Å². The van der Waals surface area contributed by atoms with Crippen molar-refractivity contribution in [3.63, 3.8) is 0 Å². The van der Waals surface area contributed by atoms with E-state index >= 15 is 0 Å². The molecule has 1 aliphatic carbocycles. The summed E-state index contributed by atoms with van der Waals surface area (Å²) >= 11 is 0. The summed E-state index contributed by atoms with van der Waals surface area (Å²) in [6.45, 7) is 12.0. The van der Waals surface area contributed by atoms with Gasteiger partial charge in [-0.15, -0.1) is 0 Å². The van der Waals surface area contributed by atoms with Gasteiger partial charge in [0.05, 0.1) is 13.2 Å². The van der Waals surface area contributed by atoms with Gasteiger partial charge in [0, 0.05) is 51.2 Å². The van der Waals surface area contributed by atoms with Gasteiger partial charge in [-0.25, -0.2) is 0 Å². The first-order valence-electron chi connectivity index (χ1n) is 10.6. The fraction of sp³-hybridized carbons (Fsp3) is 0.900. The molecule has 3 N–H and O–H groups in total. The molecule has 1 saturated heterocycles. The van der Waals surface area contributed by atoms with Crippen LogP contribution >= 0.6 is 0 Å². The number of nitrogens with zero attached hydrogens (tertiary/aromatic N) is 2. The number of carbonyl (C=O) groups excluding carboxylic acids is 1. The number of amides is 1. The van der Waals surface area contributed by atoms with Crippen molar-refractivity contribution in [2.75, 3.05) is 46.4 Å². The van der Waals surface area contributed by atoms with Crippen LogP contribution in [0.5, 0.6) is 0 Å². The van der Waals surface area contributed by atoms with Gasteiger partial charge < -0.3 is 20.7 Å². The maximum absolute atomic E-state index is 12.3. The van der Waals surface area contributed by atoms with Crippen molar-refractivity contribution >= 4 is 11.9 Å². The number of hydrogen-bond donors (Lipinski definition) is 3. The van der Waals surface area contributed by atoms with Crippen LogP contribution in [0.15, 0.2) is 4.99 Å². The van der Waals surface area contributed by atoms with Crippen LogP contribution in [0.1, 0.15) is 46.5 Å². The summed E-state index contributed by atoms with van der Waals surface area (Å²) in [5.41, 5.74) is 0. The normalized spacial score (nSPS) is 25.9. The fourth-order valence-electron chi connectivity index (χ4n) is 3.91. The summed E-state index contributed by atoms with van der Waals surface area (Å²) in [7, 11) is 1.81. The van der Waals surface area contributed by atoms with E-state index in [0.29, 0.717) is 12.0 Å². The number of carbonyl (C=O) groups is 1. The zero-order valence-electron chi connectivity index (χ0n) is 17.6. The molecule has 7 heteroatoms. The average Bonchev–Trinajstić information content (AvgIpc) is 2.65. The van der Waals surface area contributed by atoms with Gasteiger partial charge in [0.15, 0.2) is 5.96 Å². The second kappa shape index (κ2) is 11.5. The predicted molar refractivity (Wildman–Crippen MR) is 110 cm³/mol. The molecule has 0 aromatic rings. The van der Waals surface area contributed by atoms with Crippen molar-refractivity contribution in [3.05, 3.63) is 0 Å². The average molecular weight is 382 g/mol. The first-order valence-corrected chi connectivity index (χ1v) is 10.6. The van der Waals surface area contributed by atoms with Gasteiger partial charge in [-0.2, -0.15) is 0 Å². The van der Waals surface area contributed by atoms with E-state index in [0.717, 1.165) is 71.0 Å². The van der Waals surface area contributed by atoms with E-state index < -0.39 is 0 Å². The van der Waals surface area contributed by atoms with Gasteiger partial charge in [-0.1, -0.05) is 13.3 Å². The summed E-state index contributed by atoms with van der Waals surface area (Å²) in [5, 5.41) is 10.0. The van der Waals surface area contributed by atoms with E-state index in [2.05, 4.69) is 32.8 Å². The summed E-state index contributed by atoms with van der Waals surface area (Å²) in [5.74, 6) is 1.69. The molecule has 27 heavy (non-hydrogen) atoms. The van der Waals surface area contributed by atoms with Gasteiger partial charge >= 0.3 is 0 Å². The highest BCUT2D eigenvalue weighted by molar-refractivity contribution is 5.81. The molecule has 156 valence electrons. The number of rotatable bonds is 7. The number of morpholine rings is 1. The van der Waals surface area contributed by atoms with Crippen LogP contribution in [-0.2, 0) is 9.53 Å². The smallest absolute Gasteiger partial charge is 0.223 e. The molecule has 2 aliphatic rings. The third-order valence-corrected chi connectivity index (χ3v) is 5.33. The molecule has 1 heterocycles. The maximum Gasteiger partial charge on any atom is 0.223 e. The largest absolute Gasteiger partial charge is 0.379 e. The SMILES string of the molecule is CN=C(NCC(C)CN1CCOCC1)NC1CCCC(C(=O)NC(C)C)C1. The van der Waals surface area contributed by atoms with Crippen molar-refractivity contribution < 1.29 is 9.53 Å². The molecule has 3 unspecified atom stereocenters. The molecular weight excluding hydrogens is 342 g/mol. The molecule has 0 spiro atoms. The number of aliphatic imine (C=N–C) groups is 1. The lowest BCUT2D eigenvalue weighted by molar-refractivity contribution is -0.126. The fourth-order valence-corrected chi connectivity index (χ4v) is 3.91. The van der Waals surface area contributed by atoms with E-state index in [1.165, 1.54) is 0 Å². The van der Waals surface area contributed by atoms with Crippen molar-refractivity contribution in [2.24, 2.45) is 16.8 Å². The summed E-state index contributed by atoms with van der Waals surface area (Å²) < 4.78 is 5.41. The molecule has 1 aliphatic heterocycles. The van der Waals surface area contributed by atoms with Crippen LogP contribution in [0.25, 0.3) is 0 Å². The molecule has 2 fully saturated rings. The third-order valence-electron chi connectivity index (χ3n) is 5.33. The van der Waals surface area contributed by atoms with Crippen LogP contribution in [0.2, 0.25) is 0 Å². The van der Waals surface area contributed by atoms with Crippen LogP contribution in [0.4, 0.5) is 0 Å². The third kappa shape index (κ3) is 8.05.